The predicted octanol–water partition coefficient (Wildman–Crippen LogP) is 3.10. The molecule has 0 atom stereocenters. The van der Waals surface area contributed by atoms with Crippen molar-refractivity contribution in [1.29, 1.82) is 0 Å². The first-order valence-corrected chi connectivity index (χ1v) is 5.94. The maximum absolute atomic E-state index is 12.2. The molecule has 0 saturated carbocycles. The minimum Gasteiger partial charge on any atom is -0.347 e. The van der Waals surface area contributed by atoms with Crippen molar-refractivity contribution < 1.29 is 9.72 Å². The van der Waals surface area contributed by atoms with E-state index in [0.29, 0.717) is 17.5 Å². The minimum absolute atomic E-state index is 0.0765. The number of Topliss-reactive ketones (excluding diaryl/α,β-unsaturated/α-hetero) is 1. The molecule has 2 aromatic carbocycles. The second-order valence-corrected chi connectivity index (χ2v) is 4.01. The number of carbonyl (C=O) groups is 1. The van der Waals surface area contributed by atoms with Crippen LogP contribution in [0.5, 0.6) is 0 Å². The average Bonchev–Trinajstić information content (AvgIpc) is 2.47. The van der Waals surface area contributed by atoms with Crippen LogP contribution in [-0.4, -0.2) is 10.7 Å². The SMILES string of the molecule is O=C(C(=C[N+](=O)[O-])Nc1ccccc1)c1ccccc1. The third-order valence-corrected chi connectivity index (χ3v) is 2.57. The Labute approximate surface area is 115 Å². The maximum atomic E-state index is 12.2. The number of nitrogens with zero attached hydrogens (tertiary/aromatic N) is 1. The molecule has 100 valence electrons. The molecule has 0 saturated heterocycles. The van der Waals surface area contributed by atoms with E-state index >= 15 is 0 Å². The van der Waals surface area contributed by atoms with Crippen LogP contribution in [0.3, 0.4) is 0 Å². The van der Waals surface area contributed by atoms with Crippen LogP contribution in [0, 0.1) is 10.1 Å². The zero-order chi connectivity index (χ0) is 14.4. The minimum atomic E-state index is -0.647. The highest BCUT2D eigenvalue weighted by atomic mass is 16.6. The molecule has 20 heavy (non-hydrogen) atoms. The van der Waals surface area contributed by atoms with Gasteiger partial charge in [-0.25, -0.2) is 0 Å². The summed E-state index contributed by atoms with van der Waals surface area (Å²) in [4.78, 5) is 22.3. The number of allylic oxidation sites excluding steroid dienone is 1. The van der Waals surface area contributed by atoms with E-state index in [1.807, 2.05) is 6.07 Å². The summed E-state index contributed by atoms with van der Waals surface area (Å²) in [6, 6.07) is 17.3. The lowest BCUT2D eigenvalue weighted by Gasteiger charge is -2.07. The van der Waals surface area contributed by atoms with Gasteiger partial charge in [0.1, 0.15) is 0 Å². The molecule has 2 aromatic rings. The number of carbonyl (C=O) groups excluding carboxylic acids is 1. The molecule has 2 rings (SSSR count). The molecule has 0 heterocycles. The van der Waals surface area contributed by atoms with E-state index in [9.17, 15) is 14.9 Å². The highest BCUT2D eigenvalue weighted by Gasteiger charge is 2.16. The van der Waals surface area contributed by atoms with Gasteiger partial charge in [-0.2, -0.15) is 0 Å². The summed E-state index contributed by atoms with van der Waals surface area (Å²) in [7, 11) is 0. The van der Waals surface area contributed by atoms with Crippen LogP contribution in [0.2, 0.25) is 0 Å². The Morgan fingerprint density at radius 1 is 1.00 bits per heavy atom. The van der Waals surface area contributed by atoms with Gasteiger partial charge in [0, 0.05) is 11.3 Å². The van der Waals surface area contributed by atoms with E-state index in [1.54, 1.807) is 54.6 Å². The zero-order valence-corrected chi connectivity index (χ0v) is 10.5. The molecular formula is C15H12N2O3. The molecule has 1 N–H and O–H groups in total. The third kappa shape index (κ3) is 3.52. The first kappa shape index (κ1) is 13.5. The Morgan fingerprint density at radius 3 is 2.10 bits per heavy atom. The van der Waals surface area contributed by atoms with E-state index in [-0.39, 0.29) is 5.70 Å². The van der Waals surface area contributed by atoms with Gasteiger partial charge in [-0.1, -0.05) is 48.5 Å². The van der Waals surface area contributed by atoms with Crippen LogP contribution in [0.15, 0.2) is 72.6 Å². The number of nitrogens with one attached hydrogen (secondary N) is 1. The Hall–Kier alpha value is -2.95. The quantitative estimate of drug-likeness (QED) is 0.391. The van der Waals surface area contributed by atoms with Crippen LogP contribution in [-0.2, 0) is 0 Å². The highest BCUT2D eigenvalue weighted by Crippen LogP contribution is 2.13. The van der Waals surface area contributed by atoms with Crippen LogP contribution >= 0.6 is 0 Å². The van der Waals surface area contributed by atoms with Crippen LogP contribution in [0.1, 0.15) is 10.4 Å². The van der Waals surface area contributed by atoms with Gasteiger partial charge in [0.25, 0.3) is 6.20 Å². The lowest BCUT2D eigenvalue weighted by atomic mass is 10.1. The predicted molar refractivity (Wildman–Crippen MR) is 75.9 cm³/mol. The second-order valence-electron chi connectivity index (χ2n) is 4.01. The lowest BCUT2D eigenvalue weighted by molar-refractivity contribution is -0.403. The summed E-state index contributed by atoms with van der Waals surface area (Å²) < 4.78 is 0. The molecule has 0 aliphatic carbocycles. The number of ketones is 1. The standard InChI is InChI=1S/C15H12N2O3/c18-15(12-7-3-1-4-8-12)14(11-17(19)20)16-13-9-5-2-6-10-13/h1-11,16H. The van der Waals surface area contributed by atoms with Crippen molar-refractivity contribution in [1.82, 2.24) is 0 Å². The Bertz CT molecular complexity index is 637. The van der Waals surface area contributed by atoms with E-state index < -0.39 is 10.7 Å². The van der Waals surface area contributed by atoms with Crippen molar-refractivity contribution in [3.8, 4) is 0 Å². The van der Waals surface area contributed by atoms with Crippen LogP contribution in [0.25, 0.3) is 0 Å². The molecule has 0 fully saturated rings. The third-order valence-electron chi connectivity index (χ3n) is 2.57. The Morgan fingerprint density at radius 2 is 1.55 bits per heavy atom. The number of benzene rings is 2. The van der Waals surface area contributed by atoms with Gasteiger partial charge in [-0.15, -0.1) is 0 Å². The number of para-hydroxylation sites is 1. The number of rotatable bonds is 5. The summed E-state index contributed by atoms with van der Waals surface area (Å²) in [5.41, 5.74) is 0.932. The molecule has 0 spiro atoms. The summed E-state index contributed by atoms with van der Waals surface area (Å²) in [5.74, 6) is -0.425. The molecule has 0 aromatic heterocycles. The molecule has 0 aliphatic rings. The van der Waals surface area contributed by atoms with Crippen molar-refractivity contribution in [2.45, 2.75) is 0 Å². The summed E-state index contributed by atoms with van der Waals surface area (Å²) in [6.45, 7) is 0. The smallest absolute Gasteiger partial charge is 0.261 e. The summed E-state index contributed by atoms with van der Waals surface area (Å²) >= 11 is 0. The van der Waals surface area contributed by atoms with Gasteiger partial charge in [0.15, 0.2) is 5.70 Å². The van der Waals surface area contributed by atoms with Gasteiger partial charge < -0.3 is 5.32 Å². The average molecular weight is 268 g/mol. The van der Waals surface area contributed by atoms with Gasteiger partial charge in [-0.3, -0.25) is 14.9 Å². The summed E-state index contributed by atoms with van der Waals surface area (Å²) in [5, 5.41) is 13.5. The molecule has 5 nitrogen and oxygen atoms in total. The molecule has 0 aliphatic heterocycles. The first-order chi connectivity index (χ1) is 9.66. The molecule has 5 heteroatoms. The monoisotopic (exact) mass is 268 g/mol. The molecule has 0 radical (unpaired) electrons. The highest BCUT2D eigenvalue weighted by molar-refractivity contribution is 6.10. The van der Waals surface area contributed by atoms with Crippen LogP contribution in [0.4, 0.5) is 5.69 Å². The summed E-state index contributed by atoms with van der Waals surface area (Å²) in [6.07, 6.45) is 0.683. The van der Waals surface area contributed by atoms with Crippen molar-refractivity contribution in [2.24, 2.45) is 0 Å². The second kappa shape index (κ2) is 6.29. The largest absolute Gasteiger partial charge is 0.347 e. The fraction of sp³-hybridized carbons (Fsp3) is 0. The van der Waals surface area contributed by atoms with Crippen molar-refractivity contribution in [2.75, 3.05) is 5.32 Å². The molecule has 0 amide bonds. The zero-order valence-electron chi connectivity index (χ0n) is 10.5. The number of nitro groups is 1. The normalized spacial score (nSPS) is 10.9. The first-order valence-electron chi connectivity index (χ1n) is 5.94. The number of hydrogen-bond acceptors (Lipinski definition) is 4. The van der Waals surface area contributed by atoms with Crippen molar-refractivity contribution in [3.05, 3.63) is 88.2 Å². The Balaban J connectivity index is 2.30. The fourth-order valence-corrected chi connectivity index (χ4v) is 1.68. The van der Waals surface area contributed by atoms with Gasteiger partial charge >= 0.3 is 0 Å². The molecular weight excluding hydrogens is 256 g/mol. The van der Waals surface area contributed by atoms with Crippen LogP contribution < -0.4 is 5.32 Å². The fourth-order valence-electron chi connectivity index (χ4n) is 1.68. The van der Waals surface area contributed by atoms with Crippen molar-refractivity contribution >= 4 is 11.5 Å². The van der Waals surface area contributed by atoms with Crippen molar-refractivity contribution in [3.63, 3.8) is 0 Å². The molecule has 0 bridgehead atoms. The topological polar surface area (TPSA) is 72.2 Å². The van der Waals surface area contributed by atoms with Gasteiger partial charge in [0.05, 0.1) is 4.92 Å². The van der Waals surface area contributed by atoms with E-state index in [0.717, 1.165) is 0 Å². The lowest BCUT2D eigenvalue weighted by Crippen LogP contribution is -2.13. The van der Waals surface area contributed by atoms with Gasteiger partial charge in [0.2, 0.25) is 5.78 Å². The van der Waals surface area contributed by atoms with E-state index in [1.165, 1.54) is 0 Å². The molecule has 0 unspecified atom stereocenters. The van der Waals surface area contributed by atoms with E-state index in [4.69, 9.17) is 0 Å². The van der Waals surface area contributed by atoms with E-state index in [2.05, 4.69) is 5.32 Å². The van der Waals surface area contributed by atoms with Gasteiger partial charge in [-0.05, 0) is 12.1 Å². The number of hydrogen-bond donors (Lipinski definition) is 1. The Kier molecular flexibility index (Phi) is 4.24. The maximum Gasteiger partial charge on any atom is 0.261 e. The number of anilines is 1.